The summed E-state index contributed by atoms with van der Waals surface area (Å²) < 4.78 is 17.2. The molecule has 0 aromatic heterocycles. The van der Waals surface area contributed by atoms with Crippen LogP contribution in [0.1, 0.15) is 30.4 Å². The summed E-state index contributed by atoms with van der Waals surface area (Å²) in [5, 5.41) is 3.69. The Kier molecular flexibility index (Phi) is 6.32. The molecule has 26 heavy (non-hydrogen) atoms. The Balaban J connectivity index is 2.00. The predicted molar refractivity (Wildman–Crippen MR) is 99.6 cm³/mol. The Morgan fingerprint density at radius 1 is 1.23 bits per heavy atom. The zero-order valence-electron chi connectivity index (χ0n) is 14.6. The lowest BCUT2D eigenvalue weighted by Crippen LogP contribution is -2.43. The third-order valence-corrected chi connectivity index (χ3v) is 5.36. The molecule has 2 aliphatic rings. The smallest absolute Gasteiger partial charge is 0.309 e. The molecule has 0 unspecified atom stereocenters. The maximum Gasteiger partial charge on any atom is 0.309 e. The maximum atomic E-state index is 12.1. The topological polar surface area (TPSA) is 73.9 Å². The van der Waals surface area contributed by atoms with Crippen LogP contribution in [0.2, 0.25) is 5.02 Å². The lowest BCUT2D eigenvalue weighted by Gasteiger charge is -2.32. The van der Waals surface area contributed by atoms with Gasteiger partial charge in [-0.15, -0.1) is 0 Å². The predicted octanol–water partition coefficient (Wildman–Crippen LogP) is 2.65. The minimum atomic E-state index is -1.47. The number of fused-ring (bicyclic) bond motifs is 2. The van der Waals surface area contributed by atoms with Crippen LogP contribution in [-0.4, -0.2) is 43.6 Å². The number of benzene rings is 1. The summed E-state index contributed by atoms with van der Waals surface area (Å²) >= 11 is 8.13. The molecule has 2 heterocycles. The van der Waals surface area contributed by atoms with Crippen LogP contribution in [-0.2, 0) is 31.3 Å². The molecule has 8 heteroatoms. The van der Waals surface area contributed by atoms with Crippen molar-refractivity contribution < 1.29 is 23.8 Å². The van der Waals surface area contributed by atoms with Gasteiger partial charge in [0.15, 0.2) is 0 Å². The minimum absolute atomic E-state index is 0.0154. The van der Waals surface area contributed by atoms with Crippen LogP contribution in [0, 0.1) is 0 Å². The number of carbonyl (C=O) groups excluding carboxylic acids is 2. The quantitative estimate of drug-likeness (QED) is 0.602. The van der Waals surface area contributed by atoms with Gasteiger partial charge in [-0.1, -0.05) is 11.6 Å². The molecule has 1 fully saturated rings. The second-order valence-corrected chi connectivity index (χ2v) is 7.62. The van der Waals surface area contributed by atoms with Gasteiger partial charge in [-0.2, -0.15) is 11.8 Å². The summed E-state index contributed by atoms with van der Waals surface area (Å²) in [5.74, 6) is -0.818. The zero-order chi connectivity index (χ0) is 18.6. The van der Waals surface area contributed by atoms with Gasteiger partial charge in [0, 0.05) is 11.1 Å². The first kappa shape index (κ1) is 19.3. The molecule has 1 aromatic carbocycles. The number of thioether (sulfide) groups is 1. The van der Waals surface area contributed by atoms with E-state index in [1.807, 2.05) is 6.26 Å². The molecule has 0 atom stereocenters. The van der Waals surface area contributed by atoms with Gasteiger partial charge in [0.2, 0.25) is 0 Å². The highest BCUT2D eigenvalue weighted by molar-refractivity contribution is 7.98. The lowest BCUT2D eigenvalue weighted by molar-refractivity contribution is -0.225. The summed E-state index contributed by atoms with van der Waals surface area (Å²) in [4.78, 5) is 24.2. The van der Waals surface area contributed by atoms with Crippen LogP contribution in [0.15, 0.2) is 12.1 Å². The van der Waals surface area contributed by atoms with E-state index in [2.05, 4.69) is 5.32 Å². The SMILES string of the molecule is CSCCCOc1c(Cl)ccc2c1CCNCC21OC(=O)CCC(=O)O1. The van der Waals surface area contributed by atoms with Crippen molar-refractivity contribution in [2.45, 2.75) is 31.5 Å². The largest absolute Gasteiger partial charge is 0.492 e. The number of hydrogen-bond donors (Lipinski definition) is 1. The van der Waals surface area contributed by atoms with E-state index in [-0.39, 0.29) is 19.4 Å². The lowest BCUT2D eigenvalue weighted by atomic mass is 9.97. The first-order valence-electron chi connectivity index (χ1n) is 8.64. The van der Waals surface area contributed by atoms with Crippen molar-refractivity contribution in [3.05, 3.63) is 28.3 Å². The van der Waals surface area contributed by atoms with Crippen LogP contribution in [0.4, 0.5) is 0 Å². The van der Waals surface area contributed by atoms with Crippen LogP contribution in [0.3, 0.4) is 0 Å². The molecule has 2 aliphatic heterocycles. The molecule has 0 aliphatic carbocycles. The first-order chi connectivity index (χ1) is 12.6. The number of nitrogens with one attached hydrogen (secondary N) is 1. The van der Waals surface area contributed by atoms with Gasteiger partial charge in [0.1, 0.15) is 5.75 Å². The molecule has 1 spiro atoms. The third kappa shape index (κ3) is 4.10. The van der Waals surface area contributed by atoms with Crippen molar-refractivity contribution in [2.24, 2.45) is 0 Å². The second-order valence-electron chi connectivity index (χ2n) is 6.23. The van der Waals surface area contributed by atoms with Gasteiger partial charge in [0.25, 0.3) is 5.79 Å². The van der Waals surface area contributed by atoms with Crippen LogP contribution in [0.25, 0.3) is 0 Å². The number of carbonyl (C=O) groups is 2. The van der Waals surface area contributed by atoms with Crippen molar-refractivity contribution in [2.75, 3.05) is 31.7 Å². The number of hydrogen-bond acceptors (Lipinski definition) is 7. The summed E-state index contributed by atoms with van der Waals surface area (Å²) in [6.07, 6.45) is 3.61. The van der Waals surface area contributed by atoms with Gasteiger partial charge in [-0.25, -0.2) is 0 Å². The summed E-state index contributed by atoms with van der Waals surface area (Å²) in [6, 6.07) is 3.45. The van der Waals surface area contributed by atoms with Crippen LogP contribution in [0.5, 0.6) is 5.75 Å². The third-order valence-electron chi connectivity index (χ3n) is 4.36. The molecule has 0 bridgehead atoms. The number of rotatable bonds is 5. The van der Waals surface area contributed by atoms with E-state index in [4.69, 9.17) is 25.8 Å². The number of esters is 2. The first-order valence-corrected chi connectivity index (χ1v) is 10.4. The molecule has 0 amide bonds. The van der Waals surface area contributed by atoms with E-state index in [1.165, 1.54) is 0 Å². The average molecular weight is 400 g/mol. The number of halogens is 1. The van der Waals surface area contributed by atoms with E-state index in [9.17, 15) is 9.59 Å². The molecule has 6 nitrogen and oxygen atoms in total. The van der Waals surface area contributed by atoms with Gasteiger partial charge >= 0.3 is 11.9 Å². The van der Waals surface area contributed by atoms with E-state index in [0.29, 0.717) is 35.9 Å². The second kappa shape index (κ2) is 8.50. The molecule has 142 valence electrons. The Morgan fingerprint density at radius 2 is 1.96 bits per heavy atom. The van der Waals surface area contributed by atoms with Crippen molar-refractivity contribution >= 4 is 35.3 Å². The molecular formula is C18H22ClNO5S. The highest BCUT2D eigenvalue weighted by atomic mass is 35.5. The summed E-state index contributed by atoms with van der Waals surface area (Å²) in [5.41, 5.74) is 1.43. The Hall–Kier alpha value is -1.44. The van der Waals surface area contributed by atoms with Crippen molar-refractivity contribution in [1.82, 2.24) is 5.32 Å². The van der Waals surface area contributed by atoms with Crippen molar-refractivity contribution in [3.63, 3.8) is 0 Å². The fourth-order valence-corrected chi connectivity index (χ4v) is 3.81. The highest BCUT2D eigenvalue weighted by Gasteiger charge is 2.46. The standard InChI is InChI=1S/C18H22ClNO5S/c1-26-10-2-9-23-17-12-7-8-20-11-18(13(12)3-4-14(17)19)24-15(21)5-6-16(22)25-18/h3-4,20H,2,5-11H2,1H3. The molecule has 1 saturated heterocycles. The molecular weight excluding hydrogens is 378 g/mol. The molecule has 0 saturated carbocycles. The van der Waals surface area contributed by atoms with Crippen molar-refractivity contribution in [1.29, 1.82) is 0 Å². The van der Waals surface area contributed by atoms with E-state index in [1.54, 1.807) is 23.9 Å². The fraction of sp³-hybridized carbons (Fsp3) is 0.556. The summed E-state index contributed by atoms with van der Waals surface area (Å²) in [6.45, 7) is 1.37. The minimum Gasteiger partial charge on any atom is -0.492 e. The average Bonchev–Trinajstić information content (AvgIpc) is 2.87. The molecule has 3 rings (SSSR count). The normalized spacial score (nSPS) is 19.2. The Morgan fingerprint density at radius 3 is 2.65 bits per heavy atom. The van der Waals surface area contributed by atoms with Gasteiger partial charge in [-0.05, 0) is 43.5 Å². The van der Waals surface area contributed by atoms with Crippen LogP contribution < -0.4 is 10.1 Å². The molecule has 1 aromatic rings. The Labute approximate surface area is 161 Å². The van der Waals surface area contributed by atoms with E-state index in [0.717, 1.165) is 17.7 Å². The maximum absolute atomic E-state index is 12.1. The number of ether oxygens (including phenoxy) is 3. The zero-order valence-corrected chi connectivity index (χ0v) is 16.2. The van der Waals surface area contributed by atoms with Gasteiger partial charge in [0.05, 0.1) is 31.0 Å². The summed E-state index contributed by atoms with van der Waals surface area (Å²) in [7, 11) is 0. The van der Waals surface area contributed by atoms with Crippen LogP contribution >= 0.6 is 23.4 Å². The van der Waals surface area contributed by atoms with E-state index < -0.39 is 17.7 Å². The highest BCUT2D eigenvalue weighted by Crippen LogP contribution is 2.41. The fourth-order valence-electron chi connectivity index (χ4n) is 3.18. The monoisotopic (exact) mass is 399 g/mol. The van der Waals surface area contributed by atoms with Crippen molar-refractivity contribution in [3.8, 4) is 5.75 Å². The van der Waals surface area contributed by atoms with Gasteiger partial charge < -0.3 is 19.5 Å². The Bertz CT molecular complexity index is 678. The van der Waals surface area contributed by atoms with Gasteiger partial charge in [-0.3, -0.25) is 9.59 Å². The molecule has 0 radical (unpaired) electrons. The molecule has 1 N–H and O–H groups in total. The van der Waals surface area contributed by atoms with E-state index >= 15 is 0 Å².